The average molecular weight is 362 g/mol. The van der Waals surface area contributed by atoms with Crippen molar-refractivity contribution in [2.75, 3.05) is 7.05 Å². The normalized spacial score (nSPS) is 18.6. The molecular formula is C21H22N4O2. The van der Waals surface area contributed by atoms with Crippen LogP contribution in [0.4, 0.5) is 0 Å². The third kappa shape index (κ3) is 3.08. The van der Waals surface area contributed by atoms with Crippen molar-refractivity contribution in [2.45, 2.75) is 18.6 Å². The van der Waals surface area contributed by atoms with Crippen LogP contribution in [0.2, 0.25) is 0 Å². The Labute approximate surface area is 157 Å². The minimum atomic E-state index is -0.408. The van der Waals surface area contributed by atoms with Crippen LogP contribution in [0.15, 0.2) is 76.3 Å². The van der Waals surface area contributed by atoms with Crippen LogP contribution >= 0.6 is 0 Å². The standard InChI is InChI=1S/C21H22N4O2/c1-23(14-15-8-4-3-5-9-15)18-12-13-19(17-11-7-6-10-16(17)18)25-21(27)24(2)20(26)22-25/h3-13,18-19H,14H2,1-2H3,(H,22,26)/t18-,19+/m1/s1. The van der Waals surface area contributed by atoms with Crippen molar-refractivity contribution in [3.63, 3.8) is 0 Å². The van der Waals surface area contributed by atoms with E-state index < -0.39 is 5.69 Å². The van der Waals surface area contributed by atoms with E-state index in [9.17, 15) is 9.59 Å². The van der Waals surface area contributed by atoms with Crippen LogP contribution in [-0.4, -0.2) is 26.3 Å². The fourth-order valence-electron chi connectivity index (χ4n) is 3.71. The summed E-state index contributed by atoms with van der Waals surface area (Å²) in [6.07, 6.45) is 4.10. The second-order valence-electron chi connectivity index (χ2n) is 6.93. The molecule has 1 N–H and O–H groups in total. The number of hydrogen-bond donors (Lipinski definition) is 1. The predicted molar refractivity (Wildman–Crippen MR) is 105 cm³/mol. The number of rotatable bonds is 4. The molecule has 1 aliphatic rings. The second-order valence-corrected chi connectivity index (χ2v) is 6.93. The summed E-state index contributed by atoms with van der Waals surface area (Å²) in [5, 5.41) is 2.65. The molecule has 1 aromatic heterocycles. The lowest BCUT2D eigenvalue weighted by Crippen LogP contribution is -2.32. The first-order chi connectivity index (χ1) is 13.1. The smallest absolute Gasteiger partial charge is 0.292 e. The zero-order valence-corrected chi connectivity index (χ0v) is 15.4. The van der Waals surface area contributed by atoms with E-state index in [1.807, 2.05) is 42.5 Å². The van der Waals surface area contributed by atoms with Crippen molar-refractivity contribution >= 4 is 0 Å². The van der Waals surface area contributed by atoms with E-state index in [2.05, 4.69) is 41.3 Å². The van der Waals surface area contributed by atoms with Gasteiger partial charge < -0.3 is 0 Å². The molecule has 3 aromatic rings. The van der Waals surface area contributed by atoms with E-state index in [4.69, 9.17) is 0 Å². The molecule has 0 bridgehead atoms. The van der Waals surface area contributed by atoms with Gasteiger partial charge in [-0.05, 0) is 23.7 Å². The summed E-state index contributed by atoms with van der Waals surface area (Å²) in [7, 11) is 3.57. The number of likely N-dealkylation sites (N-methyl/N-ethyl adjacent to an activating group) is 1. The molecule has 1 aliphatic carbocycles. The SMILES string of the molecule is CN(Cc1ccccc1)[C@@H]1C=C[C@H](n2[nH]c(=O)n(C)c2=O)c2ccccc21. The van der Waals surface area contributed by atoms with Crippen molar-refractivity contribution in [3.05, 3.63) is 104 Å². The minimum Gasteiger partial charge on any atom is -0.292 e. The Balaban J connectivity index is 1.71. The van der Waals surface area contributed by atoms with Crippen LogP contribution in [0, 0.1) is 0 Å². The number of aromatic nitrogens is 3. The molecule has 27 heavy (non-hydrogen) atoms. The molecule has 0 saturated heterocycles. The van der Waals surface area contributed by atoms with Gasteiger partial charge in [-0.3, -0.25) is 4.90 Å². The van der Waals surface area contributed by atoms with E-state index in [1.54, 1.807) is 0 Å². The minimum absolute atomic E-state index is 0.101. The zero-order valence-electron chi connectivity index (χ0n) is 15.4. The molecular weight excluding hydrogens is 340 g/mol. The topological polar surface area (TPSA) is 63.0 Å². The van der Waals surface area contributed by atoms with Crippen LogP contribution in [0.25, 0.3) is 0 Å². The molecule has 2 atom stereocenters. The van der Waals surface area contributed by atoms with Crippen LogP contribution in [0.1, 0.15) is 28.8 Å². The molecule has 0 amide bonds. The maximum Gasteiger partial charge on any atom is 0.347 e. The van der Waals surface area contributed by atoms with Crippen molar-refractivity contribution < 1.29 is 0 Å². The summed E-state index contributed by atoms with van der Waals surface area (Å²) in [5.74, 6) is 0. The molecule has 4 rings (SSSR count). The van der Waals surface area contributed by atoms with Gasteiger partial charge >= 0.3 is 11.4 Å². The molecule has 0 spiro atoms. The quantitative estimate of drug-likeness (QED) is 0.724. The number of nitrogens with zero attached hydrogens (tertiary/aromatic N) is 3. The highest BCUT2D eigenvalue weighted by Crippen LogP contribution is 2.35. The lowest BCUT2D eigenvalue weighted by molar-refractivity contribution is 0.271. The van der Waals surface area contributed by atoms with Crippen molar-refractivity contribution in [3.8, 4) is 0 Å². The largest absolute Gasteiger partial charge is 0.347 e. The Morgan fingerprint density at radius 1 is 0.963 bits per heavy atom. The third-order valence-electron chi connectivity index (χ3n) is 5.15. The molecule has 6 heteroatoms. The first kappa shape index (κ1) is 17.3. The molecule has 1 heterocycles. The Morgan fingerprint density at radius 3 is 2.30 bits per heavy atom. The van der Waals surface area contributed by atoms with Crippen LogP contribution in [-0.2, 0) is 13.6 Å². The van der Waals surface area contributed by atoms with Gasteiger partial charge in [0.2, 0.25) is 0 Å². The van der Waals surface area contributed by atoms with Gasteiger partial charge in [-0.25, -0.2) is 23.9 Å². The summed E-state index contributed by atoms with van der Waals surface area (Å²) in [5.41, 5.74) is 2.65. The van der Waals surface area contributed by atoms with Crippen molar-refractivity contribution in [2.24, 2.45) is 7.05 Å². The third-order valence-corrected chi connectivity index (χ3v) is 5.15. The molecule has 0 saturated carbocycles. The number of allylic oxidation sites excluding steroid dienone is 1. The van der Waals surface area contributed by atoms with Crippen LogP contribution < -0.4 is 11.4 Å². The van der Waals surface area contributed by atoms with E-state index in [-0.39, 0.29) is 17.8 Å². The molecule has 138 valence electrons. The highest BCUT2D eigenvalue weighted by atomic mass is 16.2. The van der Waals surface area contributed by atoms with Crippen molar-refractivity contribution in [1.29, 1.82) is 0 Å². The van der Waals surface area contributed by atoms with Gasteiger partial charge in [0, 0.05) is 13.6 Å². The first-order valence-corrected chi connectivity index (χ1v) is 8.95. The summed E-state index contributed by atoms with van der Waals surface area (Å²) in [4.78, 5) is 26.5. The van der Waals surface area contributed by atoms with Gasteiger partial charge in [0.05, 0.1) is 12.1 Å². The number of hydrogen-bond acceptors (Lipinski definition) is 3. The Kier molecular flexibility index (Phi) is 4.41. The highest BCUT2D eigenvalue weighted by Gasteiger charge is 2.27. The Morgan fingerprint density at radius 2 is 1.63 bits per heavy atom. The van der Waals surface area contributed by atoms with Gasteiger partial charge in [-0.15, -0.1) is 0 Å². The number of nitrogens with one attached hydrogen (secondary N) is 1. The first-order valence-electron chi connectivity index (χ1n) is 8.95. The zero-order chi connectivity index (χ0) is 19.0. The number of H-pyrrole nitrogens is 1. The summed E-state index contributed by atoms with van der Waals surface area (Å²) >= 11 is 0. The van der Waals surface area contributed by atoms with Gasteiger partial charge in [0.15, 0.2) is 0 Å². The van der Waals surface area contributed by atoms with Gasteiger partial charge in [0.1, 0.15) is 0 Å². The molecule has 2 aromatic carbocycles. The monoisotopic (exact) mass is 362 g/mol. The van der Waals surface area contributed by atoms with E-state index >= 15 is 0 Å². The van der Waals surface area contributed by atoms with Crippen molar-refractivity contribution in [1.82, 2.24) is 19.2 Å². The lowest BCUT2D eigenvalue weighted by atomic mass is 9.89. The lowest BCUT2D eigenvalue weighted by Gasteiger charge is -2.32. The van der Waals surface area contributed by atoms with E-state index in [1.165, 1.54) is 17.3 Å². The van der Waals surface area contributed by atoms with Gasteiger partial charge in [0.25, 0.3) is 0 Å². The highest BCUT2D eigenvalue weighted by molar-refractivity contribution is 5.41. The molecule has 0 unspecified atom stereocenters. The van der Waals surface area contributed by atoms with Crippen LogP contribution in [0.3, 0.4) is 0 Å². The molecule has 0 aliphatic heterocycles. The summed E-state index contributed by atoms with van der Waals surface area (Å²) in [6.45, 7) is 0.816. The second kappa shape index (κ2) is 6.89. The maximum absolute atomic E-state index is 12.4. The summed E-state index contributed by atoms with van der Waals surface area (Å²) in [6, 6.07) is 18.2. The molecule has 6 nitrogen and oxygen atoms in total. The predicted octanol–water partition coefficient (Wildman–Crippen LogP) is 2.21. The fourth-order valence-corrected chi connectivity index (χ4v) is 3.71. The van der Waals surface area contributed by atoms with E-state index in [0.717, 1.165) is 22.2 Å². The van der Waals surface area contributed by atoms with Gasteiger partial charge in [-0.1, -0.05) is 66.7 Å². The average Bonchev–Trinajstić information content (AvgIpc) is 2.95. The Hall–Kier alpha value is -3.12. The molecule has 0 radical (unpaired) electrons. The number of benzene rings is 2. The Bertz CT molecular complexity index is 1090. The van der Waals surface area contributed by atoms with Crippen LogP contribution in [0.5, 0.6) is 0 Å². The number of aromatic amines is 1. The number of fused-ring (bicyclic) bond motifs is 1. The van der Waals surface area contributed by atoms with Gasteiger partial charge in [-0.2, -0.15) is 0 Å². The summed E-state index contributed by atoms with van der Waals surface area (Å²) < 4.78 is 2.48. The maximum atomic E-state index is 12.4. The fraction of sp³-hybridized carbons (Fsp3) is 0.238. The van der Waals surface area contributed by atoms with E-state index in [0.29, 0.717) is 0 Å². The molecule has 0 fully saturated rings.